The second-order valence-electron chi connectivity index (χ2n) is 8.92. The molecule has 160 valence electrons. The van der Waals surface area contributed by atoms with Gasteiger partial charge in [0.2, 0.25) is 5.91 Å². The second kappa shape index (κ2) is 11.0. The summed E-state index contributed by atoms with van der Waals surface area (Å²) in [6.07, 6.45) is 11.2. The number of carbonyl (C=O) groups excluding carboxylic acids is 1. The standard InChI is InChI=1S/C22H41N5O/c1-3-18-8-10-20(11-9-18)25-22(23-2)24-12-13-26-14-16-27(17-15-26)21(28)19-6-4-5-7-19/h18-20H,3-17H2,1-2H3,(H2,23,24,25). The number of guanidine groups is 1. The lowest BCUT2D eigenvalue weighted by Gasteiger charge is -2.36. The van der Waals surface area contributed by atoms with Crippen molar-refractivity contribution in [3.63, 3.8) is 0 Å². The van der Waals surface area contributed by atoms with E-state index in [-0.39, 0.29) is 0 Å². The van der Waals surface area contributed by atoms with Gasteiger partial charge in [-0.1, -0.05) is 26.2 Å². The minimum absolute atomic E-state index is 0.315. The molecule has 3 aliphatic rings. The Morgan fingerprint density at radius 2 is 1.68 bits per heavy atom. The van der Waals surface area contributed by atoms with E-state index in [4.69, 9.17) is 0 Å². The first kappa shape index (κ1) is 21.4. The van der Waals surface area contributed by atoms with Crippen LogP contribution in [0.5, 0.6) is 0 Å². The van der Waals surface area contributed by atoms with Crippen LogP contribution in [0.15, 0.2) is 4.99 Å². The molecule has 3 fully saturated rings. The summed E-state index contributed by atoms with van der Waals surface area (Å²) in [5.41, 5.74) is 0. The van der Waals surface area contributed by atoms with E-state index in [1.807, 2.05) is 7.05 Å². The average molecular weight is 392 g/mol. The fraction of sp³-hybridized carbons (Fsp3) is 0.909. The Hall–Kier alpha value is -1.30. The summed E-state index contributed by atoms with van der Waals surface area (Å²) in [5.74, 6) is 2.59. The van der Waals surface area contributed by atoms with Crippen molar-refractivity contribution in [3.8, 4) is 0 Å². The first-order chi connectivity index (χ1) is 13.7. The van der Waals surface area contributed by atoms with E-state index in [1.54, 1.807) is 0 Å². The van der Waals surface area contributed by atoms with E-state index in [1.165, 1.54) is 44.9 Å². The molecule has 0 radical (unpaired) electrons. The number of hydrogen-bond acceptors (Lipinski definition) is 3. The molecule has 0 bridgehead atoms. The SMILES string of the molecule is CCC1CCC(NC(=NC)NCCN2CCN(C(=O)C3CCCC3)CC2)CC1. The number of carbonyl (C=O) groups is 1. The van der Waals surface area contributed by atoms with Crippen LogP contribution in [-0.4, -0.2) is 74.0 Å². The molecule has 0 spiro atoms. The van der Waals surface area contributed by atoms with Crippen LogP contribution < -0.4 is 10.6 Å². The predicted octanol–water partition coefficient (Wildman–Crippen LogP) is 2.45. The van der Waals surface area contributed by atoms with Crippen molar-refractivity contribution < 1.29 is 4.79 Å². The van der Waals surface area contributed by atoms with Gasteiger partial charge in [-0.3, -0.25) is 14.7 Å². The van der Waals surface area contributed by atoms with Gasteiger partial charge in [-0.2, -0.15) is 0 Å². The Morgan fingerprint density at radius 3 is 2.29 bits per heavy atom. The van der Waals surface area contributed by atoms with Crippen LogP contribution >= 0.6 is 0 Å². The minimum atomic E-state index is 0.315. The number of rotatable bonds is 6. The zero-order valence-electron chi connectivity index (χ0n) is 18.1. The number of aliphatic imine (C=N–C) groups is 1. The highest BCUT2D eigenvalue weighted by molar-refractivity contribution is 5.80. The van der Waals surface area contributed by atoms with Crippen LogP contribution in [0.2, 0.25) is 0 Å². The zero-order valence-corrected chi connectivity index (χ0v) is 18.1. The number of amides is 1. The van der Waals surface area contributed by atoms with Crippen molar-refractivity contribution in [2.24, 2.45) is 16.8 Å². The maximum absolute atomic E-state index is 12.5. The molecule has 28 heavy (non-hydrogen) atoms. The molecule has 2 aliphatic carbocycles. The Morgan fingerprint density at radius 1 is 1.00 bits per heavy atom. The molecule has 1 saturated heterocycles. The highest BCUT2D eigenvalue weighted by Crippen LogP contribution is 2.27. The molecule has 0 unspecified atom stereocenters. The van der Waals surface area contributed by atoms with Crippen molar-refractivity contribution in [1.29, 1.82) is 0 Å². The third kappa shape index (κ3) is 6.10. The molecule has 6 heteroatoms. The van der Waals surface area contributed by atoms with Gasteiger partial charge in [-0.05, 0) is 44.4 Å². The Kier molecular flexibility index (Phi) is 8.44. The fourth-order valence-electron chi connectivity index (χ4n) is 5.06. The lowest BCUT2D eigenvalue weighted by atomic mass is 9.84. The van der Waals surface area contributed by atoms with Crippen molar-refractivity contribution in [3.05, 3.63) is 0 Å². The molecule has 1 aliphatic heterocycles. The summed E-state index contributed by atoms with van der Waals surface area (Å²) in [6, 6.07) is 0.569. The summed E-state index contributed by atoms with van der Waals surface area (Å²) in [7, 11) is 1.86. The van der Waals surface area contributed by atoms with Gasteiger partial charge in [-0.15, -0.1) is 0 Å². The fourth-order valence-corrected chi connectivity index (χ4v) is 5.06. The monoisotopic (exact) mass is 391 g/mol. The summed E-state index contributed by atoms with van der Waals surface area (Å²) < 4.78 is 0. The van der Waals surface area contributed by atoms with Gasteiger partial charge in [0.05, 0.1) is 0 Å². The van der Waals surface area contributed by atoms with E-state index in [2.05, 4.69) is 32.3 Å². The Labute approximate surface area is 171 Å². The van der Waals surface area contributed by atoms with Crippen LogP contribution in [0.1, 0.15) is 64.7 Å². The van der Waals surface area contributed by atoms with E-state index in [0.29, 0.717) is 17.9 Å². The third-order valence-electron chi connectivity index (χ3n) is 7.10. The van der Waals surface area contributed by atoms with Crippen LogP contribution in [-0.2, 0) is 4.79 Å². The molecule has 1 amide bonds. The summed E-state index contributed by atoms with van der Waals surface area (Å²) >= 11 is 0. The highest BCUT2D eigenvalue weighted by Gasteiger charge is 2.29. The smallest absolute Gasteiger partial charge is 0.225 e. The third-order valence-corrected chi connectivity index (χ3v) is 7.10. The molecule has 0 aromatic carbocycles. The van der Waals surface area contributed by atoms with Gasteiger partial charge in [0.25, 0.3) is 0 Å². The Bertz CT molecular complexity index is 501. The van der Waals surface area contributed by atoms with Gasteiger partial charge in [0.15, 0.2) is 5.96 Å². The molecule has 1 heterocycles. The maximum atomic E-state index is 12.5. The molecule has 0 aromatic rings. The first-order valence-electron chi connectivity index (χ1n) is 11.7. The summed E-state index contributed by atoms with van der Waals surface area (Å²) in [5, 5.41) is 7.09. The second-order valence-corrected chi connectivity index (χ2v) is 8.92. The number of piperazine rings is 1. The number of hydrogen-bond donors (Lipinski definition) is 2. The van der Waals surface area contributed by atoms with E-state index >= 15 is 0 Å². The molecule has 0 atom stereocenters. The van der Waals surface area contributed by atoms with Crippen molar-refractivity contribution in [1.82, 2.24) is 20.4 Å². The highest BCUT2D eigenvalue weighted by atomic mass is 16.2. The zero-order chi connectivity index (χ0) is 19.8. The van der Waals surface area contributed by atoms with E-state index in [9.17, 15) is 4.79 Å². The topological polar surface area (TPSA) is 60.0 Å². The van der Waals surface area contributed by atoms with Crippen LogP contribution in [0.3, 0.4) is 0 Å². The number of nitrogens with one attached hydrogen (secondary N) is 2. The molecular weight excluding hydrogens is 350 g/mol. The molecule has 2 saturated carbocycles. The molecule has 0 aromatic heterocycles. The molecule has 2 N–H and O–H groups in total. The minimum Gasteiger partial charge on any atom is -0.355 e. The quantitative estimate of drug-likeness (QED) is 0.539. The van der Waals surface area contributed by atoms with Crippen LogP contribution in [0, 0.1) is 11.8 Å². The summed E-state index contributed by atoms with van der Waals surface area (Å²) in [6.45, 7) is 7.99. The van der Waals surface area contributed by atoms with Crippen molar-refractivity contribution in [2.45, 2.75) is 70.8 Å². The van der Waals surface area contributed by atoms with Crippen LogP contribution in [0.4, 0.5) is 0 Å². The predicted molar refractivity (Wildman–Crippen MR) is 116 cm³/mol. The van der Waals surface area contributed by atoms with Crippen molar-refractivity contribution >= 4 is 11.9 Å². The maximum Gasteiger partial charge on any atom is 0.225 e. The molecule has 6 nitrogen and oxygen atoms in total. The first-order valence-corrected chi connectivity index (χ1v) is 11.7. The molecular formula is C22H41N5O. The van der Waals surface area contributed by atoms with E-state index in [0.717, 1.165) is 64.0 Å². The normalized spacial score (nSPS) is 27.8. The summed E-state index contributed by atoms with van der Waals surface area (Å²) in [4.78, 5) is 21.5. The van der Waals surface area contributed by atoms with Crippen molar-refractivity contribution in [2.75, 3.05) is 46.3 Å². The van der Waals surface area contributed by atoms with Gasteiger partial charge in [0, 0.05) is 58.3 Å². The van der Waals surface area contributed by atoms with E-state index < -0.39 is 0 Å². The lowest BCUT2D eigenvalue weighted by molar-refractivity contribution is -0.137. The largest absolute Gasteiger partial charge is 0.355 e. The lowest BCUT2D eigenvalue weighted by Crippen LogP contribution is -2.52. The van der Waals surface area contributed by atoms with Crippen LogP contribution in [0.25, 0.3) is 0 Å². The van der Waals surface area contributed by atoms with Gasteiger partial charge >= 0.3 is 0 Å². The van der Waals surface area contributed by atoms with Gasteiger partial charge in [-0.25, -0.2) is 0 Å². The molecule has 3 rings (SSSR count). The number of nitrogens with zero attached hydrogens (tertiary/aromatic N) is 3. The van der Waals surface area contributed by atoms with Gasteiger partial charge in [0.1, 0.15) is 0 Å². The average Bonchev–Trinajstić information content (AvgIpc) is 3.28. The Balaban J connectivity index is 1.30. The van der Waals surface area contributed by atoms with Gasteiger partial charge < -0.3 is 15.5 Å².